The maximum Gasteiger partial charge on any atom is 0.0681 e. The number of aliphatic hydroxyl groups is 1. The van der Waals surface area contributed by atoms with Crippen molar-refractivity contribution in [3.8, 4) is 0 Å². The quantitative estimate of drug-likeness (QED) is 0.822. The summed E-state index contributed by atoms with van der Waals surface area (Å²) < 4.78 is 0. The van der Waals surface area contributed by atoms with Crippen LogP contribution in [0.25, 0.3) is 0 Å². The number of rotatable bonds is 2. The second-order valence-corrected chi connectivity index (χ2v) is 5.00. The van der Waals surface area contributed by atoms with Gasteiger partial charge in [0, 0.05) is 18.3 Å². The van der Waals surface area contributed by atoms with E-state index in [0.29, 0.717) is 0 Å². The lowest BCUT2D eigenvalue weighted by molar-refractivity contribution is 0.282. The van der Waals surface area contributed by atoms with Crippen LogP contribution in [0.3, 0.4) is 0 Å². The maximum absolute atomic E-state index is 9.13. The van der Waals surface area contributed by atoms with Gasteiger partial charge in [-0.25, -0.2) is 0 Å². The molecule has 1 heterocycles. The van der Waals surface area contributed by atoms with E-state index in [0.717, 1.165) is 18.0 Å². The molecular formula is C14H19NO. The van der Waals surface area contributed by atoms with Gasteiger partial charge in [-0.05, 0) is 36.5 Å². The van der Waals surface area contributed by atoms with E-state index in [9.17, 15) is 0 Å². The van der Waals surface area contributed by atoms with E-state index in [-0.39, 0.29) is 6.61 Å². The Balaban J connectivity index is 1.87. The van der Waals surface area contributed by atoms with E-state index in [2.05, 4.69) is 23.1 Å². The topological polar surface area (TPSA) is 23.5 Å². The summed E-state index contributed by atoms with van der Waals surface area (Å²) in [6, 6.07) is 7.21. The summed E-state index contributed by atoms with van der Waals surface area (Å²) in [7, 11) is 0. The van der Waals surface area contributed by atoms with Gasteiger partial charge in [0.2, 0.25) is 0 Å². The molecule has 16 heavy (non-hydrogen) atoms. The Morgan fingerprint density at radius 3 is 2.81 bits per heavy atom. The SMILES string of the molecule is OCc1ccc2c(c1)CCN2C1CCCC1. The van der Waals surface area contributed by atoms with Gasteiger partial charge in [-0.2, -0.15) is 0 Å². The Kier molecular flexibility index (Phi) is 2.60. The molecule has 2 nitrogen and oxygen atoms in total. The van der Waals surface area contributed by atoms with E-state index in [4.69, 9.17) is 5.11 Å². The molecule has 86 valence electrons. The third-order valence-corrected chi connectivity index (χ3v) is 4.02. The first kappa shape index (κ1) is 10.2. The van der Waals surface area contributed by atoms with E-state index < -0.39 is 0 Å². The van der Waals surface area contributed by atoms with Crippen LogP contribution in [-0.4, -0.2) is 17.7 Å². The number of fused-ring (bicyclic) bond motifs is 1. The predicted octanol–water partition coefficient (Wildman–Crippen LogP) is 2.48. The van der Waals surface area contributed by atoms with Crippen LogP contribution in [0, 0.1) is 0 Å². The van der Waals surface area contributed by atoms with Gasteiger partial charge in [0.25, 0.3) is 0 Å². The molecule has 1 saturated carbocycles. The average molecular weight is 217 g/mol. The van der Waals surface area contributed by atoms with Crippen molar-refractivity contribution in [3.05, 3.63) is 29.3 Å². The summed E-state index contributed by atoms with van der Waals surface area (Å²) in [6.07, 6.45) is 6.67. The molecule has 1 aromatic rings. The molecule has 1 aliphatic heterocycles. The zero-order valence-electron chi connectivity index (χ0n) is 9.65. The number of anilines is 1. The Morgan fingerprint density at radius 2 is 2.06 bits per heavy atom. The van der Waals surface area contributed by atoms with Crippen LogP contribution >= 0.6 is 0 Å². The second kappa shape index (κ2) is 4.10. The first-order valence-electron chi connectivity index (χ1n) is 6.38. The summed E-state index contributed by atoms with van der Waals surface area (Å²) in [4.78, 5) is 2.59. The monoisotopic (exact) mass is 217 g/mol. The van der Waals surface area contributed by atoms with E-state index in [1.54, 1.807) is 0 Å². The third kappa shape index (κ3) is 1.61. The molecule has 3 rings (SSSR count). The Labute approximate surface area is 96.9 Å². The highest BCUT2D eigenvalue weighted by atomic mass is 16.3. The zero-order valence-corrected chi connectivity index (χ0v) is 9.65. The van der Waals surface area contributed by atoms with E-state index >= 15 is 0 Å². The Bertz CT molecular complexity index is 382. The van der Waals surface area contributed by atoms with Crippen LogP contribution in [-0.2, 0) is 13.0 Å². The summed E-state index contributed by atoms with van der Waals surface area (Å²) >= 11 is 0. The molecule has 2 heteroatoms. The Hall–Kier alpha value is -1.02. The fourth-order valence-corrected chi connectivity index (χ4v) is 3.17. The second-order valence-electron chi connectivity index (χ2n) is 5.00. The smallest absolute Gasteiger partial charge is 0.0681 e. The first-order valence-corrected chi connectivity index (χ1v) is 6.38. The summed E-state index contributed by atoms with van der Waals surface area (Å²) in [5.74, 6) is 0. The fraction of sp³-hybridized carbons (Fsp3) is 0.571. The maximum atomic E-state index is 9.13. The minimum absolute atomic E-state index is 0.163. The number of hydrogen-bond acceptors (Lipinski definition) is 2. The molecule has 0 aromatic heterocycles. The van der Waals surface area contributed by atoms with Crippen LogP contribution < -0.4 is 4.90 Å². The van der Waals surface area contributed by atoms with Gasteiger partial charge in [-0.15, -0.1) is 0 Å². The minimum Gasteiger partial charge on any atom is -0.392 e. The summed E-state index contributed by atoms with van der Waals surface area (Å²) in [5.41, 5.74) is 3.90. The van der Waals surface area contributed by atoms with Crippen molar-refractivity contribution in [1.29, 1.82) is 0 Å². The van der Waals surface area contributed by atoms with Crippen molar-refractivity contribution in [2.24, 2.45) is 0 Å². The van der Waals surface area contributed by atoms with Gasteiger partial charge < -0.3 is 10.0 Å². The average Bonchev–Trinajstić information content (AvgIpc) is 2.96. The third-order valence-electron chi connectivity index (χ3n) is 4.02. The Morgan fingerprint density at radius 1 is 1.25 bits per heavy atom. The number of aliphatic hydroxyl groups excluding tert-OH is 1. The van der Waals surface area contributed by atoms with Crippen molar-refractivity contribution in [3.63, 3.8) is 0 Å². The molecule has 1 aromatic carbocycles. The highest BCUT2D eigenvalue weighted by molar-refractivity contribution is 5.59. The van der Waals surface area contributed by atoms with Gasteiger partial charge >= 0.3 is 0 Å². The lowest BCUT2D eigenvalue weighted by atomic mass is 10.1. The summed E-state index contributed by atoms with van der Waals surface area (Å²) in [6.45, 7) is 1.34. The van der Waals surface area contributed by atoms with Crippen molar-refractivity contribution in [2.45, 2.75) is 44.8 Å². The van der Waals surface area contributed by atoms with Crippen LogP contribution in [0.4, 0.5) is 5.69 Å². The molecule has 0 atom stereocenters. The van der Waals surface area contributed by atoms with Crippen LogP contribution in [0.1, 0.15) is 36.8 Å². The molecule has 0 saturated heterocycles. The lowest BCUT2D eigenvalue weighted by Gasteiger charge is -2.26. The van der Waals surface area contributed by atoms with Gasteiger partial charge in [0.05, 0.1) is 6.61 Å². The standard InChI is InChI=1S/C14H19NO/c16-10-11-5-6-14-12(9-11)7-8-15(14)13-3-1-2-4-13/h5-6,9,13,16H,1-4,7-8,10H2. The van der Waals surface area contributed by atoms with Crippen molar-refractivity contribution in [1.82, 2.24) is 0 Å². The van der Waals surface area contributed by atoms with Gasteiger partial charge in [0.1, 0.15) is 0 Å². The van der Waals surface area contributed by atoms with Gasteiger partial charge in [0.15, 0.2) is 0 Å². The van der Waals surface area contributed by atoms with Crippen LogP contribution in [0.5, 0.6) is 0 Å². The number of hydrogen-bond donors (Lipinski definition) is 1. The molecule has 0 spiro atoms. The fourth-order valence-electron chi connectivity index (χ4n) is 3.17. The molecular weight excluding hydrogens is 198 g/mol. The lowest BCUT2D eigenvalue weighted by Crippen LogP contribution is -2.31. The molecule has 1 N–H and O–H groups in total. The van der Waals surface area contributed by atoms with E-state index in [1.165, 1.54) is 43.5 Å². The van der Waals surface area contributed by atoms with Crippen LogP contribution in [0.2, 0.25) is 0 Å². The molecule has 0 unspecified atom stereocenters. The van der Waals surface area contributed by atoms with Crippen molar-refractivity contribution in [2.75, 3.05) is 11.4 Å². The van der Waals surface area contributed by atoms with Gasteiger partial charge in [-0.1, -0.05) is 25.0 Å². The largest absolute Gasteiger partial charge is 0.392 e. The minimum atomic E-state index is 0.163. The first-order chi connectivity index (χ1) is 7.88. The number of nitrogens with zero attached hydrogens (tertiary/aromatic N) is 1. The van der Waals surface area contributed by atoms with Gasteiger partial charge in [-0.3, -0.25) is 0 Å². The molecule has 1 aliphatic carbocycles. The van der Waals surface area contributed by atoms with E-state index in [1.807, 2.05) is 0 Å². The zero-order chi connectivity index (χ0) is 11.0. The predicted molar refractivity (Wildman–Crippen MR) is 65.7 cm³/mol. The van der Waals surface area contributed by atoms with Crippen molar-refractivity contribution < 1.29 is 5.11 Å². The highest BCUT2D eigenvalue weighted by Crippen LogP contribution is 2.35. The molecule has 1 fully saturated rings. The molecule has 0 amide bonds. The molecule has 0 radical (unpaired) electrons. The number of benzene rings is 1. The summed E-state index contributed by atoms with van der Waals surface area (Å²) in [5, 5.41) is 9.13. The molecule has 0 bridgehead atoms. The van der Waals surface area contributed by atoms with Crippen molar-refractivity contribution >= 4 is 5.69 Å². The van der Waals surface area contributed by atoms with Crippen LogP contribution in [0.15, 0.2) is 18.2 Å². The normalized spacial score (nSPS) is 20.4. The molecule has 2 aliphatic rings. The highest BCUT2D eigenvalue weighted by Gasteiger charge is 2.27.